The zero-order valence-electron chi connectivity index (χ0n) is 18.1. The van der Waals surface area contributed by atoms with Crippen molar-refractivity contribution >= 4 is 28.1 Å². The molecule has 168 valence electrons. The van der Waals surface area contributed by atoms with Gasteiger partial charge in [-0.1, -0.05) is 36.3 Å². The van der Waals surface area contributed by atoms with Gasteiger partial charge in [-0.15, -0.1) is 0 Å². The second kappa shape index (κ2) is 9.56. The molecule has 1 aliphatic carbocycles. The molecule has 0 spiro atoms. The highest BCUT2D eigenvalue weighted by molar-refractivity contribution is 7.19. The number of aromatic hydroxyl groups is 1. The maximum absolute atomic E-state index is 13.6. The zero-order chi connectivity index (χ0) is 22.7. The molecule has 0 radical (unpaired) electrons. The number of carbonyl (C=O) groups excluding carboxylic acids is 1. The van der Waals surface area contributed by atoms with Crippen molar-refractivity contribution in [1.29, 1.82) is 0 Å². The van der Waals surface area contributed by atoms with Crippen molar-refractivity contribution in [3.8, 4) is 21.9 Å². The first-order valence-electron chi connectivity index (χ1n) is 10.6. The van der Waals surface area contributed by atoms with Gasteiger partial charge < -0.3 is 20.5 Å². The van der Waals surface area contributed by atoms with E-state index in [0.29, 0.717) is 22.1 Å². The minimum Gasteiger partial charge on any atom is -0.505 e. The van der Waals surface area contributed by atoms with Crippen molar-refractivity contribution in [2.75, 3.05) is 17.7 Å². The predicted octanol–water partition coefficient (Wildman–Crippen LogP) is 5.71. The number of thiazole rings is 1. The topological polar surface area (TPSA) is 83.5 Å². The average Bonchev–Trinajstić information content (AvgIpc) is 3.44. The fourth-order valence-electron chi connectivity index (χ4n) is 3.99. The van der Waals surface area contributed by atoms with Crippen LogP contribution >= 0.6 is 11.3 Å². The molecule has 1 amide bonds. The van der Waals surface area contributed by atoms with Gasteiger partial charge in [0.05, 0.1) is 23.4 Å². The summed E-state index contributed by atoms with van der Waals surface area (Å²) in [5.74, 6) is -0.261. The van der Waals surface area contributed by atoms with E-state index >= 15 is 0 Å². The van der Waals surface area contributed by atoms with E-state index < -0.39 is 5.82 Å². The average molecular weight is 456 g/mol. The number of nitrogens with one attached hydrogen (secondary N) is 2. The van der Waals surface area contributed by atoms with Crippen LogP contribution in [0.4, 0.5) is 15.2 Å². The molecule has 8 heteroatoms. The number of benzene rings is 2. The number of anilines is 2. The molecule has 0 bridgehead atoms. The molecule has 0 atom stereocenters. The smallest absolute Gasteiger partial charge is 0.229 e. The van der Waals surface area contributed by atoms with E-state index in [-0.39, 0.29) is 24.1 Å². The number of phenols is 1. The molecule has 3 aromatic rings. The number of aromatic nitrogens is 1. The Bertz CT molecular complexity index is 1130. The van der Waals surface area contributed by atoms with Crippen molar-refractivity contribution in [3.63, 3.8) is 0 Å². The second-order valence-corrected chi connectivity index (χ2v) is 8.92. The third-order valence-electron chi connectivity index (χ3n) is 5.75. The van der Waals surface area contributed by atoms with E-state index in [0.717, 1.165) is 41.8 Å². The Hall–Kier alpha value is -3.13. The van der Waals surface area contributed by atoms with Gasteiger partial charge in [0.1, 0.15) is 5.75 Å². The maximum Gasteiger partial charge on any atom is 0.229 e. The van der Waals surface area contributed by atoms with Gasteiger partial charge in [0.25, 0.3) is 0 Å². The van der Waals surface area contributed by atoms with Crippen LogP contribution in [0, 0.1) is 18.7 Å². The van der Waals surface area contributed by atoms with Crippen molar-refractivity contribution in [1.82, 2.24) is 4.98 Å². The first kappa shape index (κ1) is 22.1. The number of carbonyl (C=O) groups is 1. The Balaban J connectivity index is 1.54. The van der Waals surface area contributed by atoms with Crippen molar-refractivity contribution < 1.29 is 19.0 Å². The van der Waals surface area contributed by atoms with Crippen LogP contribution in [-0.4, -0.2) is 23.1 Å². The van der Waals surface area contributed by atoms with Crippen LogP contribution in [0.5, 0.6) is 11.5 Å². The lowest BCUT2D eigenvalue weighted by molar-refractivity contribution is -0.119. The van der Waals surface area contributed by atoms with E-state index in [1.54, 1.807) is 19.2 Å². The van der Waals surface area contributed by atoms with Crippen molar-refractivity contribution in [3.05, 3.63) is 53.5 Å². The number of amides is 1. The van der Waals surface area contributed by atoms with Gasteiger partial charge in [-0.2, -0.15) is 0 Å². The summed E-state index contributed by atoms with van der Waals surface area (Å²) in [7, 11) is 1.58. The summed E-state index contributed by atoms with van der Waals surface area (Å²) in [4.78, 5) is 18.0. The number of phenolic OH excluding ortho intramolecular Hbond substituents is 1. The minimum absolute atomic E-state index is 0.0507. The summed E-state index contributed by atoms with van der Waals surface area (Å²) >= 11 is 1.44. The molecule has 0 saturated heterocycles. The maximum atomic E-state index is 13.6. The van der Waals surface area contributed by atoms with E-state index in [1.807, 2.05) is 25.1 Å². The number of halogens is 1. The highest BCUT2D eigenvalue weighted by atomic mass is 32.1. The normalized spacial score (nSPS) is 13.8. The molecule has 6 nitrogen and oxygen atoms in total. The number of hydrogen-bond acceptors (Lipinski definition) is 6. The fraction of sp³-hybridized carbons (Fsp3) is 0.333. The second-order valence-electron chi connectivity index (χ2n) is 7.92. The summed E-state index contributed by atoms with van der Waals surface area (Å²) in [5, 5.41) is 16.7. The minimum atomic E-state index is -0.655. The van der Waals surface area contributed by atoms with Gasteiger partial charge in [-0.25, -0.2) is 9.37 Å². The lowest BCUT2D eigenvalue weighted by Crippen LogP contribution is -2.20. The summed E-state index contributed by atoms with van der Waals surface area (Å²) < 4.78 is 19.1. The van der Waals surface area contributed by atoms with Gasteiger partial charge in [-0.05, 0) is 49.6 Å². The lowest BCUT2D eigenvalue weighted by Gasteiger charge is -2.13. The van der Waals surface area contributed by atoms with E-state index in [4.69, 9.17) is 4.74 Å². The first-order chi connectivity index (χ1) is 15.5. The van der Waals surface area contributed by atoms with E-state index in [9.17, 15) is 14.3 Å². The Kier molecular flexibility index (Phi) is 6.60. The molecule has 0 aliphatic heterocycles. The monoisotopic (exact) mass is 455 g/mol. The third kappa shape index (κ3) is 4.70. The van der Waals surface area contributed by atoms with E-state index in [2.05, 4.69) is 15.6 Å². The van der Waals surface area contributed by atoms with Gasteiger partial charge in [0, 0.05) is 18.0 Å². The SMILES string of the molecule is COc1ccc(-c2sc(NC(=O)C3CCCC3)nc2C)cc1NCc1cccc(F)c1O. The van der Waals surface area contributed by atoms with E-state index in [1.165, 1.54) is 17.4 Å². The molecule has 1 heterocycles. The molecule has 0 unspecified atom stereocenters. The van der Waals surface area contributed by atoms with Crippen LogP contribution < -0.4 is 15.4 Å². The Morgan fingerprint density at radius 2 is 2.06 bits per heavy atom. The van der Waals surface area contributed by atoms with Crippen LogP contribution in [0.15, 0.2) is 36.4 Å². The van der Waals surface area contributed by atoms with Gasteiger partial charge in [0.15, 0.2) is 16.7 Å². The van der Waals surface area contributed by atoms with Crippen LogP contribution in [0.3, 0.4) is 0 Å². The molecule has 32 heavy (non-hydrogen) atoms. The number of nitrogens with zero attached hydrogens (tertiary/aromatic N) is 1. The standard InChI is InChI=1S/C24H26FN3O3S/c1-14-22(32-24(27-14)28-23(30)15-6-3-4-7-15)16-10-11-20(31-2)19(12-16)26-13-17-8-5-9-18(25)21(17)29/h5,8-12,15,26,29H,3-4,6-7,13H2,1-2H3,(H,27,28,30). The number of rotatable bonds is 7. The number of para-hydroxylation sites is 1. The summed E-state index contributed by atoms with van der Waals surface area (Å²) in [5.41, 5.74) is 2.91. The Morgan fingerprint density at radius 1 is 1.28 bits per heavy atom. The highest BCUT2D eigenvalue weighted by Crippen LogP contribution is 2.38. The summed E-state index contributed by atoms with van der Waals surface area (Å²) in [6.45, 7) is 2.15. The molecule has 1 fully saturated rings. The molecule has 1 aliphatic rings. The van der Waals surface area contributed by atoms with Crippen LogP contribution in [-0.2, 0) is 11.3 Å². The number of hydrogen-bond donors (Lipinski definition) is 3. The molecular weight excluding hydrogens is 429 g/mol. The van der Waals surface area contributed by atoms with Crippen molar-refractivity contribution in [2.45, 2.75) is 39.2 Å². The fourth-order valence-corrected chi connectivity index (χ4v) is 4.96. The van der Waals surface area contributed by atoms with Gasteiger partial charge >= 0.3 is 0 Å². The number of ether oxygens (including phenoxy) is 1. The summed E-state index contributed by atoms with van der Waals surface area (Å²) in [6.07, 6.45) is 4.10. The first-order valence-corrected chi connectivity index (χ1v) is 11.4. The van der Waals surface area contributed by atoms with Crippen LogP contribution in [0.2, 0.25) is 0 Å². The van der Waals surface area contributed by atoms with Crippen molar-refractivity contribution in [2.24, 2.45) is 5.92 Å². The van der Waals surface area contributed by atoms with Crippen LogP contribution in [0.1, 0.15) is 36.9 Å². The highest BCUT2D eigenvalue weighted by Gasteiger charge is 2.24. The Morgan fingerprint density at radius 3 is 2.81 bits per heavy atom. The number of aryl methyl sites for hydroxylation is 1. The predicted molar refractivity (Wildman–Crippen MR) is 125 cm³/mol. The van der Waals surface area contributed by atoms with Crippen LogP contribution in [0.25, 0.3) is 10.4 Å². The Labute approximate surface area is 190 Å². The zero-order valence-corrected chi connectivity index (χ0v) is 18.9. The molecule has 4 rings (SSSR count). The quantitative estimate of drug-likeness (QED) is 0.425. The molecule has 2 aromatic carbocycles. The third-order valence-corrected chi connectivity index (χ3v) is 6.88. The molecule has 1 saturated carbocycles. The molecular formula is C24H26FN3O3S. The molecule has 3 N–H and O–H groups in total. The van der Waals surface area contributed by atoms with Gasteiger partial charge in [-0.3, -0.25) is 4.79 Å². The van der Waals surface area contributed by atoms with Gasteiger partial charge in [0.2, 0.25) is 5.91 Å². The summed E-state index contributed by atoms with van der Waals surface area (Å²) in [6, 6.07) is 10.1. The lowest BCUT2D eigenvalue weighted by atomic mass is 10.1. The number of methoxy groups -OCH3 is 1. The molecule has 1 aromatic heterocycles. The largest absolute Gasteiger partial charge is 0.505 e.